The maximum atomic E-state index is 13.7. The molecular weight excluding hydrogens is 335 g/mol. The smallest absolute Gasteiger partial charge is 0.257 e. The molecule has 1 aliphatic heterocycles. The number of rotatable bonds is 4. The van der Waals surface area contributed by atoms with E-state index in [1.807, 2.05) is 6.07 Å². The minimum absolute atomic E-state index is 0.0417. The molecule has 1 fully saturated rings. The van der Waals surface area contributed by atoms with Crippen LogP contribution in [0.5, 0.6) is 5.75 Å². The summed E-state index contributed by atoms with van der Waals surface area (Å²) in [4.78, 5) is 26.6. The molecule has 3 rings (SSSR count). The summed E-state index contributed by atoms with van der Waals surface area (Å²) in [7, 11) is 1.54. The average Bonchev–Trinajstić information content (AvgIpc) is 2.68. The van der Waals surface area contributed by atoms with E-state index in [2.05, 4.69) is 5.32 Å². The summed E-state index contributed by atoms with van der Waals surface area (Å²) in [5.74, 6) is -0.486. The lowest BCUT2D eigenvalue weighted by molar-refractivity contribution is 0.0694. The maximum absolute atomic E-state index is 13.7. The molecule has 0 aromatic heterocycles. The fraction of sp³-hybridized carbons (Fsp3) is 0.300. The summed E-state index contributed by atoms with van der Waals surface area (Å²) >= 11 is 0. The number of methoxy groups -OCH3 is 1. The van der Waals surface area contributed by atoms with Crippen LogP contribution in [0.4, 0.5) is 4.39 Å². The predicted molar refractivity (Wildman–Crippen MR) is 95.8 cm³/mol. The lowest BCUT2D eigenvalue weighted by Gasteiger charge is -2.32. The number of hydrogen-bond acceptors (Lipinski definition) is 3. The second-order valence-corrected chi connectivity index (χ2v) is 6.22. The quantitative estimate of drug-likeness (QED) is 0.916. The number of piperidine rings is 1. The molecule has 1 N–H and O–H groups in total. The Morgan fingerprint density at radius 2 is 1.65 bits per heavy atom. The summed E-state index contributed by atoms with van der Waals surface area (Å²) in [6, 6.07) is 13.0. The molecule has 1 saturated heterocycles. The van der Waals surface area contributed by atoms with E-state index in [1.54, 1.807) is 35.2 Å². The van der Waals surface area contributed by atoms with Gasteiger partial charge in [0, 0.05) is 19.1 Å². The van der Waals surface area contributed by atoms with Gasteiger partial charge in [-0.1, -0.05) is 24.3 Å². The lowest BCUT2D eigenvalue weighted by atomic mass is 10.0. The van der Waals surface area contributed by atoms with E-state index in [9.17, 15) is 14.0 Å². The van der Waals surface area contributed by atoms with Gasteiger partial charge in [0.1, 0.15) is 11.6 Å². The Kier molecular flexibility index (Phi) is 5.51. The van der Waals surface area contributed by atoms with Crippen molar-refractivity contribution < 1.29 is 18.7 Å². The van der Waals surface area contributed by atoms with Gasteiger partial charge in [-0.2, -0.15) is 0 Å². The van der Waals surface area contributed by atoms with Crippen LogP contribution in [0.1, 0.15) is 33.6 Å². The zero-order chi connectivity index (χ0) is 18.5. The fourth-order valence-electron chi connectivity index (χ4n) is 3.13. The number of amides is 2. The first kappa shape index (κ1) is 17.9. The Morgan fingerprint density at radius 1 is 1.04 bits per heavy atom. The second-order valence-electron chi connectivity index (χ2n) is 6.22. The highest BCUT2D eigenvalue weighted by Gasteiger charge is 2.26. The Morgan fingerprint density at radius 3 is 2.31 bits per heavy atom. The van der Waals surface area contributed by atoms with Gasteiger partial charge in [-0.15, -0.1) is 0 Å². The number of likely N-dealkylation sites (tertiary alicyclic amines) is 1. The van der Waals surface area contributed by atoms with Crippen molar-refractivity contribution in [2.24, 2.45) is 0 Å². The monoisotopic (exact) mass is 356 g/mol. The summed E-state index contributed by atoms with van der Waals surface area (Å²) < 4.78 is 18.9. The Labute approximate surface area is 151 Å². The van der Waals surface area contributed by atoms with E-state index in [0.29, 0.717) is 37.2 Å². The molecule has 2 aromatic rings. The van der Waals surface area contributed by atoms with E-state index in [4.69, 9.17) is 4.74 Å². The Hall–Kier alpha value is -2.89. The van der Waals surface area contributed by atoms with Crippen molar-refractivity contribution in [1.82, 2.24) is 10.2 Å². The summed E-state index contributed by atoms with van der Waals surface area (Å²) in [6.07, 6.45) is 1.25. The van der Waals surface area contributed by atoms with Crippen LogP contribution < -0.4 is 10.1 Å². The number of benzene rings is 2. The average molecular weight is 356 g/mol. The lowest BCUT2D eigenvalue weighted by Crippen LogP contribution is -2.46. The number of ether oxygens (including phenoxy) is 1. The van der Waals surface area contributed by atoms with Gasteiger partial charge in [-0.25, -0.2) is 4.39 Å². The van der Waals surface area contributed by atoms with Crippen LogP contribution in [-0.2, 0) is 0 Å². The molecule has 0 unspecified atom stereocenters. The van der Waals surface area contributed by atoms with Gasteiger partial charge in [0.05, 0.1) is 18.2 Å². The number of carbonyl (C=O) groups excluding carboxylic acids is 2. The number of halogens is 1. The van der Waals surface area contributed by atoms with Gasteiger partial charge in [0.25, 0.3) is 11.8 Å². The van der Waals surface area contributed by atoms with Crippen molar-refractivity contribution in [3.63, 3.8) is 0 Å². The van der Waals surface area contributed by atoms with Crippen molar-refractivity contribution in [2.45, 2.75) is 18.9 Å². The third-order valence-corrected chi connectivity index (χ3v) is 4.57. The minimum Gasteiger partial charge on any atom is -0.496 e. The van der Waals surface area contributed by atoms with Crippen LogP contribution in [-0.4, -0.2) is 43.0 Å². The summed E-state index contributed by atoms with van der Waals surface area (Å²) in [5.41, 5.74) is 0.573. The van der Waals surface area contributed by atoms with Gasteiger partial charge >= 0.3 is 0 Å². The zero-order valence-corrected chi connectivity index (χ0v) is 14.6. The van der Waals surface area contributed by atoms with E-state index in [0.717, 1.165) is 0 Å². The highest BCUT2D eigenvalue weighted by Crippen LogP contribution is 2.21. The van der Waals surface area contributed by atoms with Crippen molar-refractivity contribution in [1.29, 1.82) is 0 Å². The summed E-state index contributed by atoms with van der Waals surface area (Å²) in [5, 5.41) is 2.86. The molecule has 5 nitrogen and oxygen atoms in total. The van der Waals surface area contributed by atoms with E-state index in [-0.39, 0.29) is 17.5 Å². The fourth-order valence-corrected chi connectivity index (χ4v) is 3.13. The van der Waals surface area contributed by atoms with Gasteiger partial charge in [-0.3, -0.25) is 9.59 Å². The molecule has 0 bridgehead atoms. The number of carbonyl (C=O) groups is 2. The Balaban J connectivity index is 1.58. The molecule has 2 amide bonds. The first-order valence-corrected chi connectivity index (χ1v) is 8.58. The van der Waals surface area contributed by atoms with Gasteiger partial charge in [0.2, 0.25) is 0 Å². The third kappa shape index (κ3) is 3.85. The normalized spacial score (nSPS) is 14.8. The van der Waals surface area contributed by atoms with Gasteiger partial charge in [-0.05, 0) is 37.1 Å². The molecule has 2 aromatic carbocycles. The highest BCUT2D eigenvalue weighted by atomic mass is 19.1. The molecule has 26 heavy (non-hydrogen) atoms. The van der Waals surface area contributed by atoms with Gasteiger partial charge in [0.15, 0.2) is 0 Å². The van der Waals surface area contributed by atoms with Crippen LogP contribution in [0.15, 0.2) is 48.5 Å². The first-order chi connectivity index (χ1) is 12.6. The molecule has 0 aliphatic carbocycles. The molecule has 0 saturated carbocycles. The van der Waals surface area contributed by atoms with Crippen molar-refractivity contribution >= 4 is 11.8 Å². The topological polar surface area (TPSA) is 58.6 Å². The van der Waals surface area contributed by atoms with Crippen LogP contribution in [0, 0.1) is 5.82 Å². The minimum atomic E-state index is -0.534. The van der Waals surface area contributed by atoms with Crippen LogP contribution in [0.25, 0.3) is 0 Å². The molecule has 0 spiro atoms. The molecule has 6 heteroatoms. The number of hydrogen-bond donors (Lipinski definition) is 1. The Bertz CT molecular complexity index is 801. The predicted octanol–water partition coefficient (Wildman–Crippen LogP) is 2.87. The molecule has 1 aliphatic rings. The van der Waals surface area contributed by atoms with E-state index in [1.165, 1.54) is 19.2 Å². The van der Waals surface area contributed by atoms with Gasteiger partial charge < -0.3 is 15.0 Å². The number of para-hydroxylation sites is 1. The molecule has 136 valence electrons. The second kappa shape index (κ2) is 7.99. The van der Waals surface area contributed by atoms with Crippen molar-refractivity contribution in [3.8, 4) is 5.75 Å². The molecule has 1 heterocycles. The first-order valence-electron chi connectivity index (χ1n) is 8.58. The SMILES string of the molecule is COc1ccccc1C(=O)N1CCC(NC(=O)c2ccccc2F)CC1. The maximum Gasteiger partial charge on any atom is 0.257 e. The molecule has 0 atom stereocenters. The van der Waals surface area contributed by atoms with Crippen LogP contribution in [0.3, 0.4) is 0 Å². The standard InChI is InChI=1S/C20H21FN2O3/c1-26-18-9-5-3-7-16(18)20(25)23-12-10-14(11-13-23)22-19(24)15-6-2-4-8-17(15)21/h2-9,14H,10-13H2,1H3,(H,22,24). The van der Waals surface area contributed by atoms with Crippen LogP contribution >= 0.6 is 0 Å². The number of nitrogens with one attached hydrogen (secondary N) is 1. The molecular formula is C20H21FN2O3. The number of nitrogens with zero attached hydrogens (tertiary/aromatic N) is 1. The third-order valence-electron chi connectivity index (χ3n) is 4.57. The van der Waals surface area contributed by atoms with Crippen molar-refractivity contribution in [2.75, 3.05) is 20.2 Å². The van der Waals surface area contributed by atoms with Crippen molar-refractivity contribution in [3.05, 3.63) is 65.5 Å². The summed E-state index contributed by atoms with van der Waals surface area (Å²) in [6.45, 7) is 1.05. The molecule has 0 radical (unpaired) electrons. The highest BCUT2D eigenvalue weighted by molar-refractivity contribution is 5.97. The van der Waals surface area contributed by atoms with E-state index < -0.39 is 11.7 Å². The van der Waals surface area contributed by atoms with E-state index >= 15 is 0 Å². The largest absolute Gasteiger partial charge is 0.496 e. The van der Waals surface area contributed by atoms with Crippen LogP contribution in [0.2, 0.25) is 0 Å². The zero-order valence-electron chi connectivity index (χ0n) is 14.6.